The van der Waals surface area contributed by atoms with E-state index in [9.17, 15) is 9.59 Å². The minimum Gasteiger partial charge on any atom is -0.447 e. The number of carbonyl (C=O) groups is 2. The van der Waals surface area contributed by atoms with Gasteiger partial charge in [-0.3, -0.25) is 9.59 Å². The third kappa shape index (κ3) is 5.51. The smallest absolute Gasteiger partial charge is 0.273 e. The van der Waals surface area contributed by atoms with Gasteiger partial charge in [-0.1, -0.05) is 19.9 Å². The minimum atomic E-state index is -0.612. The summed E-state index contributed by atoms with van der Waals surface area (Å²) in [6, 6.07) is -0.612. The van der Waals surface area contributed by atoms with Gasteiger partial charge < -0.3 is 36.7 Å². The summed E-state index contributed by atoms with van der Waals surface area (Å²) >= 11 is 0. The summed E-state index contributed by atoms with van der Waals surface area (Å²) in [7, 11) is 3.33. The van der Waals surface area contributed by atoms with Crippen LogP contribution in [0.1, 0.15) is 60.2 Å². The van der Waals surface area contributed by atoms with Gasteiger partial charge >= 0.3 is 0 Å². The summed E-state index contributed by atoms with van der Waals surface area (Å²) in [5.41, 5.74) is 1.63. The number of aromatic nitrogens is 6. The molecule has 7 rings (SSSR count). The van der Waals surface area contributed by atoms with E-state index in [2.05, 4.69) is 35.2 Å². The van der Waals surface area contributed by atoms with Gasteiger partial charge in [0.1, 0.15) is 49.3 Å². The Kier molecular flexibility index (Phi) is 7.15. The third-order valence-corrected chi connectivity index (χ3v) is 7.12. The van der Waals surface area contributed by atoms with E-state index >= 15 is 0 Å². The van der Waals surface area contributed by atoms with E-state index in [-0.39, 0.29) is 70.7 Å². The first-order valence-corrected chi connectivity index (χ1v) is 14.2. The molecule has 0 fully saturated rings. The maximum atomic E-state index is 13.2. The number of carbonyl (C=O) groups excluding carboxylic acids is 2. The van der Waals surface area contributed by atoms with Crippen LogP contribution in [0.2, 0.25) is 0 Å². The topological polar surface area (TPSA) is 206 Å². The summed E-state index contributed by atoms with van der Waals surface area (Å²) in [6.07, 6.45) is 11.6. The SMILES string of the molecule is CC(C)C1NC(=O)c2coc(n2)-c2coc(n2)-c2coc(n2)C(CC(=O)N(C)C)C=Cc2coc(n2)-c2coc(n2)-c2coc1n2. The van der Waals surface area contributed by atoms with Crippen LogP contribution in [0.15, 0.2) is 70.2 Å². The van der Waals surface area contributed by atoms with E-state index < -0.39 is 17.9 Å². The molecule has 234 valence electrons. The summed E-state index contributed by atoms with van der Waals surface area (Å²) in [6.45, 7) is 3.81. The first kappa shape index (κ1) is 28.7. The highest BCUT2D eigenvalue weighted by Crippen LogP contribution is 2.31. The average Bonchev–Trinajstić information content (AvgIpc) is 3.87. The summed E-state index contributed by atoms with van der Waals surface area (Å²) in [4.78, 5) is 54.0. The van der Waals surface area contributed by atoms with Crippen molar-refractivity contribution in [2.45, 2.75) is 32.2 Å². The van der Waals surface area contributed by atoms with Crippen molar-refractivity contribution in [3.05, 3.63) is 66.8 Å². The molecule has 12 bridgehead atoms. The lowest BCUT2D eigenvalue weighted by molar-refractivity contribution is -0.128. The molecule has 2 atom stereocenters. The molecule has 0 spiro atoms. The number of hydrogen-bond acceptors (Lipinski definition) is 14. The highest BCUT2D eigenvalue weighted by atomic mass is 16.4. The van der Waals surface area contributed by atoms with Crippen LogP contribution in [0.4, 0.5) is 0 Å². The van der Waals surface area contributed by atoms with Crippen molar-refractivity contribution in [3.63, 3.8) is 0 Å². The second kappa shape index (κ2) is 11.5. The standard InChI is InChI=1S/C30H26N8O8/c1-14(2)23-30-36-21(13-46-30)29-34-18(11-44-29)26-31-16(8-41-26)6-5-15(7-22(39)38(3)4)25-33-19(10-42-25)28-35-20(12-45-28)27-32-17(9-43-27)24(40)37-23/h5-6,8-15,23H,7H2,1-4H3,(H,37,40). The highest BCUT2D eigenvalue weighted by molar-refractivity contribution is 5.92. The minimum absolute atomic E-state index is 0.0120. The molecule has 2 unspecified atom stereocenters. The molecule has 2 amide bonds. The zero-order chi connectivity index (χ0) is 31.9. The molecule has 6 aromatic heterocycles. The van der Waals surface area contributed by atoms with Crippen molar-refractivity contribution in [2.24, 2.45) is 5.92 Å². The Morgan fingerprint density at radius 1 is 0.717 bits per heavy atom. The molecule has 0 saturated heterocycles. The Bertz CT molecular complexity index is 2050. The fourth-order valence-corrected chi connectivity index (χ4v) is 4.59. The molecule has 7 heterocycles. The zero-order valence-electron chi connectivity index (χ0n) is 25.0. The lowest BCUT2D eigenvalue weighted by Crippen LogP contribution is -2.32. The van der Waals surface area contributed by atoms with Crippen molar-refractivity contribution in [1.82, 2.24) is 40.1 Å². The van der Waals surface area contributed by atoms with Gasteiger partial charge in [0.05, 0.1) is 5.92 Å². The second-order valence-corrected chi connectivity index (χ2v) is 11.0. The molecule has 1 aliphatic rings. The van der Waals surface area contributed by atoms with Crippen LogP contribution in [-0.2, 0) is 4.79 Å². The van der Waals surface area contributed by atoms with Gasteiger partial charge in [0.25, 0.3) is 5.91 Å². The Balaban J connectivity index is 1.29. The number of fused-ring (bicyclic) bond motifs is 16. The third-order valence-electron chi connectivity index (χ3n) is 7.12. The second-order valence-electron chi connectivity index (χ2n) is 11.0. The summed E-state index contributed by atoms with van der Waals surface area (Å²) in [5, 5.41) is 2.89. The molecule has 0 saturated carbocycles. The predicted octanol–water partition coefficient (Wildman–Crippen LogP) is 5.00. The van der Waals surface area contributed by atoms with Crippen LogP contribution in [0, 0.1) is 5.92 Å². The van der Waals surface area contributed by atoms with Crippen LogP contribution in [0.5, 0.6) is 0 Å². The zero-order valence-corrected chi connectivity index (χ0v) is 25.0. The van der Waals surface area contributed by atoms with Crippen molar-refractivity contribution in [3.8, 4) is 46.3 Å². The largest absolute Gasteiger partial charge is 0.447 e. The average molecular weight is 627 g/mol. The molecular formula is C30H26N8O8. The molecule has 6 aromatic rings. The predicted molar refractivity (Wildman–Crippen MR) is 155 cm³/mol. The first-order valence-electron chi connectivity index (χ1n) is 14.2. The van der Waals surface area contributed by atoms with Crippen molar-refractivity contribution in [1.29, 1.82) is 0 Å². The van der Waals surface area contributed by atoms with Crippen LogP contribution in [0.25, 0.3) is 52.4 Å². The molecule has 16 nitrogen and oxygen atoms in total. The normalized spacial score (nSPS) is 16.3. The summed E-state index contributed by atoms with van der Waals surface area (Å²) in [5.74, 6) is -0.285. The quantitative estimate of drug-likeness (QED) is 0.274. The van der Waals surface area contributed by atoms with E-state index in [4.69, 9.17) is 26.5 Å². The van der Waals surface area contributed by atoms with E-state index in [1.54, 1.807) is 26.2 Å². The van der Waals surface area contributed by atoms with Crippen molar-refractivity contribution < 1.29 is 36.1 Å². The van der Waals surface area contributed by atoms with Gasteiger partial charge in [-0.05, 0) is 12.0 Å². The van der Waals surface area contributed by atoms with Gasteiger partial charge in [0, 0.05) is 20.5 Å². The first-order chi connectivity index (χ1) is 22.2. The van der Waals surface area contributed by atoms with Gasteiger partial charge in [-0.15, -0.1) is 0 Å². The van der Waals surface area contributed by atoms with E-state index in [1.807, 2.05) is 13.8 Å². The van der Waals surface area contributed by atoms with Crippen LogP contribution in [0.3, 0.4) is 0 Å². The monoisotopic (exact) mass is 626 g/mol. The van der Waals surface area contributed by atoms with Gasteiger partial charge in [-0.25, -0.2) is 29.9 Å². The Hall–Kier alpha value is -6.06. The molecule has 1 aliphatic heterocycles. The maximum Gasteiger partial charge on any atom is 0.273 e. The molecular weight excluding hydrogens is 600 g/mol. The fraction of sp³-hybridized carbons (Fsp3) is 0.267. The van der Waals surface area contributed by atoms with E-state index in [0.717, 1.165) is 0 Å². The molecule has 46 heavy (non-hydrogen) atoms. The van der Waals surface area contributed by atoms with Gasteiger partial charge in [0.15, 0.2) is 28.5 Å². The lowest BCUT2D eigenvalue weighted by atomic mass is 10.0. The van der Waals surface area contributed by atoms with Crippen LogP contribution >= 0.6 is 0 Å². The molecule has 0 radical (unpaired) electrons. The van der Waals surface area contributed by atoms with Gasteiger partial charge in [-0.2, -0.15) is 0 Å². The molecule has 1 N–H and O–H groups in total. The fourth-order valence-electron chi connectivity index (χ4n) is 4.59. The lowest BCUT2D eigenvalue weighted by Gasteiger charge is -2.18. The van der Waals surface area contributed by atoms with E-state index in [0.29, 0.717) is 17.1 Å². The Labute approximate surface area is 259 Å². The van der Waals surface area contributed by atoms with E-state index in [1.165, 1.54) is 42.5 Å². The number of oxazole rings is 6. The Morgan fingerprint density at radius 3 is 1.85 bits per heavy atom. The molecule has 0 aliphatic carbocycles. The Morgan fingerprint density at radius 2 is 1.22 bits per heavy atom. The number of hydrogen-bond donors (Lipinski definition) is 1. The van der Waals surface area contributed by atoms with Crippen LogP contribution < -0.4 is 5.32 Å². The maximum absolute atomic E-state index is 13.2. The number of nitrogens with one attached hydrogen (secondary N) is 1. The number of nitrogens with zero attached hydrogens (tertiary/aromatic N) is 7. The number of amides is 2. The molecule has 16 heteroatoms. The van der Waals surface area contributed by atoms with Crippen LogP contribution in [-0.4, -0.2) is 60.7 Å². The van der Waals surface area contributed by atoms with Crippen molar-refractivity contribution >= 4 is 17.9 Å². The summed E-state index contributed by atoms with van der Waals surface area (Å²) < 4.78 is 33.9. The van der Waals surface area contributed by atoms with Crippen molar-refractivity contribution in [2.75, 3.05) is 14.1 Å². The number of allylic oxidation sites excluding steroid dienone is 1. The number of rotatable bonds is 3. The molecule has 0 aromatic carbocycles. The highest BCUT2D eigenvalue weighted by Gasteiger charge is 2.28. The van der Waals surface area contributed by atoms with Gasteiger partial charge in [0.2, 0.25) is 41.3 Å².